The average molecular weight is 258 g/mol. The van der Waals surface area contributed by atoms with Crippen molar-refractivity contribution in [3.63, 3.8) is 0 Å². The minimum absolute atomic E-state index is 0.198. The highest BCUT2D eigenvalue weighted by Gasteiger charge is 2.35. The maximum absolute atomic E-state index is 11.2. The number of benzene rings is 1. The van der Waals surface area contributed by atoms with Gasteiger partial charge in [0, 0.05) is 6.04 Å². The first-order valence-corrected chi connectivity index (χ1v) is 7.36. The van der Waals surface area contributed by atoms with Crippen molar-refractivity contribution >= 4 is 5.91 Å². The van der Waals surface area contributed by atoms with Crippen LogP contribution in [0, 0.1) is 0 Å². The number of nitrogens with two attached hydrogens (primary N) is 1. The summed E-state index contributed by atoms with van der Waals surface area (Å²) in [6.07, 6.45) is 6.11. The molecule has 3 rings (SSSR count). The number of primary amides is 1. The highest BCUT2D eigenvalue weighted by atomic mass is 16.1. The lowest BCUT2D eigenvalue weighted by atomic mass is 9.78. The summed E-state index contributed by atoms with van der Waals surface area (Å²) in [6, 6.07) is 9.32. The number of nitrogens with zero attached hydrogens (tertiary/aromatic N) is 1. The third-order valence-electron chi connectivity index (χ3n) is 4.65. The topological polar surface area (TPSA) is 46.3 Å². The van der Waals surface area contributed by atoms with E-state index in [1.807, 2.05) is 0 Å². The van der Waals surface area contributed by atoms with Crippen molar-refractivity contribution in [2.24, 2.45) is 5.73 Å². The second kappa shape index (κ2) is 5.33. The Morgan fingerprint density at radius 3 is 2.95 bits per heavy atom. The molecule has 0 aromatic heterocycles. The van der Waals surface area contributed by atoms with Gasteiger partial charge in [-0.2, -0.15) is 0 Å². The number of rotatable bonds is 3. The van der Waals surface area contributed by atoms with Crippen molar-refractivity contribution in [2.75, 3.05) is 13.1 Å². The highest BCUT2D eigenvalue weighted by Crippen LogP contribution is 2.39. The Balaban J connectivity index is 1.84. The largest absolute Gasteiger partial charge is 0.369 e. The Morgan fingerprint density at radius 2 is 2.11 bits per heavy atom. The van der Waals surface area contributed by atoms with Crippen molar-refractivity contribution in [2.45, 2.75) is 44.1 Å². The number of aryl methyl sites for hydroxylation is 1. The Morgan fingerprint density at radius 1 is 1.26 bits per heavy atom. The van der Waals surface area contributed by atoms with Gasteiger partial charge in [0.05, 0.1) is 6.54 Å². The number of hydrogen-bond acceptors (Lipinski definition) is 2. The Kier molecular flexibility index (Phi) is 3.56. The van der Waals surface area contributed by atoms with Crippen LogP contribution in [0.4, 0.5) is 0 Å². The van der Waals surface area contributed by atoms with Crippen LogP contribution in [0.15, 0.2) is 24.3 Å². The van der Waals surface area contributed by atoms with Gasteiger partial charge in [-0.25, -0.2) is 0 Å². The van der Waals surface area contributed by atoms with E-state index in [-0.39, 0.29) is 5.91 Å². The second-order valence-electron chi connectivity index (χ2n) is 5.84. The van der Waals surface area contributed by atoms with Crippen molar-refractivity contribution in [3.8, 4) is 0 Å². The summed E-state index contributed by atoms with van der Waals surface area (Å²) >= 11 is 0. The van der Waals surface area contributed by atoms with Crippen LogP contribution in [-0.2, 0) is 11.2 Å². The van der Waals surface area contributed by atoms with Gasteiger partial charge in [0.1, 0.15) is 0 Å². The molecule has 0 bridgehead atoms. The molecule has 3 heteroatoms. The number of likely N-dealkylation sites (tertiary alicyclic amines) is 1. The minimum Gasteiger partial charge on any atom is -0.369 e. The van der Waals surface area contributed by atoms with E-state index in [1.54, 1.807) is 0 Å². The summed E-state index contributed by atoms with van der Waals surface area (Å²) in [7, 11) is 0. The zero-order valence-corrected chi connectivity index (χ0v) is 11.3. The van der Waals surface area contributed by atoms with E-state index in [4.69, 9.17) is 5.73 Å². The molecule has 1 aromatic rings. The van der Waals surface area contributed by atoms with Gasteiger partial charge in [-0.3, -0.25) is 9.69 Å². The molecule has 1 saturated heterocycles. The van der Waals surface area contributed by atoms with E-state index in [9.17, 15) is 4.79 Å². The van der Waals surface area contributed by atoms with Crippen LogP contribution >= 0.6 is 0 Å². The molecule has 102 valence electrons. The normalized spacial score (nSPS) is 27.2. The van der Waals surface area contributed by atoms with E-state index in [1.165, 1.54) is 43.2 Å². The van der Waals surface area contributed by atoms with Gasteiger partial charge in [0.25, 0.3) is 0 Å². The van der Waals surface area contributed by atoms with Crippen LogP contribution < -0.4 is 5.73 Å². The van der Waals surface area contributed by atoms with Crippen LogP contribution in [0.3, 0.4) is 0 Å². The molecule has 2 atom stereocenters. The molecule has 2 aliphatic rings. The molecule has 1 heterocycles. The molecule has 0 radical (unpaired) electrons. The molecule has 1 aromatic carbocycles. The van der Waals surface area contributed by atoms with Gasteiger partial charge in [0.15, 0.2) is 0 Å². The molecule has 0 saturated carbocycles. The van der Waals surface area contributed by atoms with Crippen molar-refractivity contribution in [1.82, 2.24) is 4.90 Å². The Hall–Kier alpha value is -1.35. The van der Waals surface area contributed by atoms with E-state index < -0.39 is 0 Å². The first kappa shape index (κ1) is 12.7. The summed E-state index contributed by atoms with van der Waals surface area (Å²) in [5.41, 5.74) is 8.39. The van der Waals surface area contributed by atoms with Crippen LogP contribution in [0.25, 0.3) is 0 Å². The van der Waals surface area contributed by atoms with Crippen molar-refractivity contribution in [3.05, 3.63) is 35.4 Å². The van der Waals surface area contributed by atoms with Gasteiger partial charge >= 0.3 is 0 Å². The number of carbonyl (C=O) groups is 1. The second-order valence-corrected chi connectivity index (χ2v) is 5.84. The maximum Gasteiger partial charge on any atom is 0.231 e. The third-order valence-corrected chi connectivity index (χ3v) is 4.65. The molecule has 2 unspecified atom stereocenters. The molecule has 2 N–H and O–H groups in total. The van der Waals surface area contributed by atoms with E-state index in [0.717, 1.165) is 6.54 Å². The standard InChI is InChI=1S/C16H22N2O/c17-16(19)11-18-10-4-9-15(18)14-8-3-6-12-5-1-2-7-13(12)14/h1-2,5,7,14-15H,3-4,6,8-11H2,(H2,17,19). The quantitative estimate of drug-likeness (QED) is 0.902. The first-order chi connectivity index (χ1) is 9.25. The van der Waals surface area contributed by atoms with Gasteiger partial charge in [-0.05, 0) is 55.7 Å². The fraction of sp³-hybridized carbons (Fsp3) is 0.562. The summed E-state index contributed by atoms with van der Waals surface area (Å²) in [4.78, 5) is 13.5. The average Bonchev–Trinajstić information content (AvgIpc) is 2.85. The summed E-state index contributed by atoms with van der Waals surface area (Å²) in [5.74, 6) is 0.391. The number of amides is 1. The smallest absolute Gasteiger partial charge is 0.231 e. The predicted octanol–water partition coefficient (Wildman–Crippen LogP) is 2.06. The zero-order chi connectivity index (χ0) is 13.2. The minimum atomic E-state index is -0.198. The SMILES string of the molecule is NC(=O)CN1CCCC1C1CCCc2ccccc21. The molecule has 1 amide bonds. The molecule has 1 aliphatic heterocycles. The fourth-order valence-electron chi connectivity index (χ4n) is 3.90. The summed E-state index contributed by atoms with van der Waals surface area (Å²) < 4.78 is 0. The van der Waals surface area contributed by atoms with Crippen molar-refractivity contribution in [1.29, 1.82) is 0 Å². The van der Waals surface area contributed by atoms with Crippen LogP contribution in [0.2, 0.25) is 0 Å². The van der Waals surface area contributed by atoms with Crippen LogP contribution in [0.5, 0.6) is 0 Å². The Labute approximate surface area is 114 Å². The van der Waals surface area contributed by atoms with Gasteiger partial charge in [-0.15, -0.1) is 0 Å². The number of carbonyl (C=O) groups excluding carboxylic acids is 1. The Bertz CT molecular complexity index is 472. The molecular formula is C16H22N2O. The lowest BCUT2D eigenvalue weighted by Crippen LogP contribution is -2.41. The zero-order valence-electron chi connectivity index (χ0n) is 11.3. The van der Waals surface area contributed by atoms with Gasteiger partial charge < -0.3 is 5.73 Å². The molecule has 1 aliphatic carbocycles. The first-order valence-electron chi connectivity index (χ1n) is 7.36. The monoisotopic (exact) mass is 258 g/mol. The fourth-order valence-corrected chi connectivity index (χ4v) is 3.90. The highest BCUT2D eigenvalue weighted by molar-refractivity contribution is 5.76. The summed E-state index contributed by atoms with van der Waals surface area (Å²) in [5, 5.41) is 0. The molecule has 3 nitrogen and oxygen atoms in total. The molecular weight excluding hydrogens is 236 g/mol. The molecule has 19 heavy (non-hydrogen) atoms. The molecule has 1 fully saturated rings. The van der Waals surface area contributed by atoms with Crippen LogP contribution in [-0.4, -0.2) is 29.9 Å². The summed E-state index contributed by atoms with van der Waals surface area (Å²) in [6.45, 7) is 1.44. The molecule has 0 spiro atoms. The lowest BCUT2D eigenvalue weighted by molar-refractivity contribution is -0.119. The van der Waals surface area contributed by atoms with E-state index >= 15 is 0 Å². The van der Waals surface area contributed by atoms with Gasteiger partial charge in [0.2, 0.25) is 5.91 Å². The van der Waals surface area contributed by atoms with E-state index in [2.05, 4.69) is 29.2 Å². The van der Waals surface area contributed by atoms with Crippen molar-refractivity contribution < 1.29 is 4.79 Å². The third kappa shape index (κ3) is 2.52. The number of fused-ring (bicyclic) bond motifs is 1. The maximum atomic E-state index is 11.2. The van der Waals surface area contributed by atoms with E-state index in [0.29, 0.717) is 18.5 Å². The predicted molar refractivity (Wildman–Crippen MR) is 75.9 cm³/mol. The lowest BCUT2D eigenvalue weighted by Gasteiger charge is -2.35. The van der Waals surface area contributed by atoms with Gasteiger partial charge in [-0.1, -0.05) is 24.3 Å². The van der Waals surface area contributed by atoms with Crippen LogP contribution in [0.1, 0.15) is 42.7 Å². The number of hydrogen-bond donors (Lipinski definition) is 1.